The molecule has 1 amide bonds. The monoisotopic (exact) mass is 393 g/mol. The zero-order valence-corrected chi connectivity index (χ0v) is 14.5. The van der Waals surface area contributed by atoms with Gasteiger partial charge in [0.15, 0.2) is 0 Å². The second kappa shape index (κ2) is 7.56. The Hall–Kier alpha value is -0.0000000000000000555. The van der Waals surface area contributed by atoms with Gasteiger partial charge in [-0.3, -0.25) is 4.79 Å². The first kappa shape index (κ1) is 16.1. The standard InChI is InChI=1S/C13H17Br2NOS/c1-3-13(8-14,9-15)16-12(17)10-6-4-5-7-11(10)18-2/h4-7H,3,8-9H2,1-2H3,(H,16,17). The van der Waals surface area contributed by atoms with Crippen molar-refractivity contribution < 1.29 is 4.79 Å². The Kier molecular flexibility index (Phi) is 6.74. The summed E-state index contributed by atoms with van der Waals surface area (Å²) in [6.45, 7) is 2.07. The number of hydrogen-bond acceptors (Lipinski definition) is 2. The minimum atomic E-state index is -0.234. The van der Waals surface area contributed by atoms with Crippen LogP contribution in [0.1, 0.15) is 23.7 Å². The molecule has 18 heavy (non-hydrogen) atoms. The van der Waals surface area contributed by atoms with Crippen molar-refractivity contribution in [3.63, 3.8) is 0 Å². The summed E-state index contributed by atoms with van der Waals surface area (Å²) in [5, 5.41) is 4.59. The van der Waals surface area contributed by atoms with Gasteiger partial charge in [-0.05, 0) is 24.8 Å². The van der Waals surface area contributed by atoms with Crippen LogP contribution in [-0.2, 0) is 0 Å². The predicted molar refractivity (Wildman–Crippen MR) is 86.3 cm³/mol. The highest BCUT2D eigenvalue weighted by Gasteiger charge is 2.28. The average molecular weight is 395 g/mol. The molecule has 0 spiro atoms. The van der Waals surface area contributed by atoms with Crippen LogP contribution in [0.25, 0.3) is 0 Å². The number of carbonyl (C=O) groups is 1. The third kappa shape index (κ3) is 3.75. The lowest BCUT2D eigenvalue weighted by Gasteiger charge is -2.30. The van der Waals surface area contributed by atoms with E-state index in [4.69, 9.17) is 0 Å². The Bertz CT molecular complexity index is 399. The fraction of sp³-hybridized carbons (Fsp3) is 0.462. The molecule has 0 atom stereocenters. The van der Waals surface area contributed by atoms with Crippen LogP contribution in [-0.4, -0.2) is 28.4 Å². The number of thioether (sulfide) groups is 1. The molecule has 1 rings (SSSR count). The molecular formula is C13H17Br2NOS. The summed E-state index contributed by atoms with van der Waals surface area (Å²) in [7, 11) is 0. The molecule has 100 valence electrons. The SMILES string of the molecule is CCC(CBr)(CBr)NC(=O)c1ccccc1SC. The number of amides is 1. The van der Waals surface area contributed by atoms with E-state index in [1.165, 1.54) is 0 Å². The van der Waals surface area contributed by atoms with Gasteiger partial charge in [0.25, 0.3) is 5.91 Å². The summed E-state index contributed by atoms with van der Waals surface area (Å²) in [4.78, 5) is 13.4. The van der Waals surface area contributed by atoms with Crippen LogP contribution in [0, 0.1) is 0 Å². The fourth-order valence-corrected chi connectivity index (χ4v) is 4.12. The summed E-state index contributed by atoms with van der Waals surface area (Å²) in [5.74, 6) is -0.0132. The summed E-state index contributed by atoms with van der Waals surface area (Å²) in [6.07, 6.45) is 2.85. The van der Waals surface area contributed by atoms with Crippen molar-refractivity contribution in [2.45, 2.75) is 23.8 Å². The number of halogens is 2. The quantitative estimate of drug-likeness (QED) is 0.581. The van der Waals surface area contributed by atoms with Crippen molar-refractivity contribution in [3.8, 4) is 0 Å². The van der Waals surface area contributed by atoms with Crippen molar-refractivity contribution in [1.82, 2.24) is 5.32 Å². The Labute approximate surface area is 130 Å². The lowest BCUT2D eigenvalue weighted by Crippen LogP contribution is -2.51. The van der Waals surface area contributed by atoms with Gasteiger partial charge in [-0.1, -0.05) is 50.9 Å². The van der Waals surface area contributed by atoms with Crippen molar-refractivity contribution in [2.75, 3.05) is 16.9 Å². The summed E-state index contributed by atoms with van der Waals surface area (Å²) < 4.78 is 0. The Morgan fingerprint density at radius 1 is 1.33 bits per heavy atom. The lowest BCUT2D eigenvalue weighted by molar-refractivity contribution is 0.0912. The summed E-state index contributed by atoms with van der Waals surface area (Å²) in [6, 6.07) is 7.68. The first-order valence-corrected chi connectivity index (χ1v) is 9.16. The normalized spacial score (nSPS) is 11.3. The average Bonchev–Trinajstić information content (AvgIpc) is 2.44. The molecule has 1 aromatic carbocycles. The number of benzene rings is 1. The van der Waals surface area contributed by atoms with Gasteiger partial charge in [0.2, 0.25) is 0 Å². The van der Waals surface area contributed by atoms with Crippen LogP contribution >= 0.6 is 43.6 Å². The van der Waals surface area contributed by atoms with Gasteiger partial charge in [0.05, 0.1) is 11.1 Å². The van der Waals surface area contributed by atoms with Crippen molar-refractivity contribution in [3.05, 3.63) is 29.8 Å². The molecule has 0 aliphatic rings. The highest BCUT2D eigenvalue weighted by Crippen LogP contribution is 2.22. The molecule has 0 aromatic heterocycles. The molecule has 0 radical (unpaired) electrons. The van der Waals surface area contributed by atoms with Crippen molar-refractivity contribution in [1.29, 1.82) is 0 Å². The maximum atomic E-state index is 12.4. The number of alkyl halides is 2. The van der Waals surface area contributed by atoms with Crippen LogP contribution in [0.2, 0.25) is 0 Å². The minimum absolute atomic E-state index is 0.0132. The molecule has 0 bridgehead atoms. The van der Waals surface area contributed by atoms with Crippen LogP contribution in [0.4, 0.5) is 0 Å². The Morgan fingerprint density at radius 2 is 1.94 bits per heavy atom. The molecule has 5 heteroatoms. The molecule has 0 fully saturated rings. The first-order valence-electron chi connectivity index (χ1n) is 5.70. The van der Waals surface area contributed by atoms with E-state index >= 15 is 0 Å². The smallest absolute Gasteiger partial charge is 0.252 e. The fourth-order valence-electron chi connectivity index (χ4n) is 1.52. The van der Waals surface area contributed by atoms with Gasteiger partial charge in [0, 0.05) is 15.6 Å². The van der Waals surface area contributed by atoms with E-state index in [2.05, 4.69) is 44.1 Å². The summed E-state index contributed by atoms with van der Waals surface area (Å²) in [5.41, 5.74) is 0.507. The van der Waals surface area contributed by atoms with E-state index in [0.717, 1.165) is 27.5 Å². The Balaban J connectivity index is 2.94. The molecule has 1 aromatic rings. The first-order chi connectivity index (χ1) is 8.62. The van der Waals surface area contributed by atoms with Crippen LogP contribution in [0.3, 0.4) is 0 Å². The maximum Gasteiger partial charge on any atom is 0.252 e. The zero-order valence-electron chi connectivity index (χ0n) is 10.5. The lowest BCUT2D eigenvalue weighted by atomic mass is 10.0. The number of nitrogens with one attached hydrogen (secondary N) is 1. The molecule has 0 heterocycles. The van der Waals surface area contributed by atoms with E-state index < -0.39 is 0 Å². The van der Waals surface area contributed by atoms with E-state index in [0.29, 0.717) is 0 Å². The third-order valence-electron chi connectivity index (χ3n) is 2.92. The van der Waals surface area contributed by atoms with E-state index in [9.17, 15) is 4.79 Å². The highest BCUT2D eigenvalue weighted by atomic mass is 79.9. The van der Waals surface area contributed by atoms with Crippen LogP contribution in [0.15, 0.2) is 29.2 Å². The van der Waals surface area contributed by atoms with Crippen LogP contribution < -0.4 is 5.32 Å². The zero-order chi connectivity index (χ0) is 13.6. The largest absolute Gasteiger partial charge is 0.345 e. The van der Waals surface area contributed by atoms with Crippen molar-refractivity contribution >= 4 is 49.5 Å². The van der Waals surface area contributed by atoms with Gasteiger partial charge in [-0.25, -0.2) is 0 Å². The van der Waals surface area contributed by atoms with Gasteiger partial charge in [-0.15, -0.1) is 11.8 Å². The molecule has 0 saturated carbocycles. The third-order valence-corrected chi connectivity index (χ3v) is 5.86. The van der Waals surface area contributed by atoms with Gasteiger partial charge in [-0.2, -0.15) is 0 Å². The molecule has 0 aliphatic heterocycles. The molecule has 0 unspecified atom stereocenters. The van der Waals surface area contributed by atoms with Crippen LogP contribution in [0.5, 0.6) is 0 Å². The molecular weight excluding hydrogens is 378 g/mol. The maximum absolute atomic E-state index is 12.4. The molecule has 0 saturated heterocycles. The minimum Gasteiger partial charge on any atom is -0.345 e. The predicted octanol–water partition coefficient (Wildman–Crippen LogP) is 4.08. The number of hydrogen-bond donors (Lipinski definition) is 1. The van der Waals surface area contributed by atoms with Gasteiger partial charge in [0.1, 0.15) is 0 Å². The van der Waals surface area contributed by atoms with E-state index in [1.54, 1.807) is 11.8 Å². The molecule has 1 N–H and O–H groups in total. The Morgan fingerprint density at radius 3 is 2.44 bits per heavy atom. The van der Waals surface area contributed by atoms with E-state index in [1.807, 2.05) is 30.5 Å². The van der Waals surface area contributed by atoms with Gasteiger partial charge < -0.3 is 5.32 Å². The second-order valence-corrected chi connectivity index (χ2v) is 6.03. The molecule has 0 aliphatic carbocycles. The summed E-state index contributed by atoms with van der Waals surface area (Å²) >= 11 is 8.55. The number of carbonyl (C=O) groups excluding carboxylic acids is 1. The number of rotatable bonds is 6. The molecule has 2 nitrogen and oxygen atoms in total. The second-order valence-electron chi connectivity index (χ2n) is 4.06. The van der Waals surface area contributed by atoms with E-state index in [-0.39, 0.29) is 11.4 Å². The van der Waals surface area contributed by atoms with Gasteiger partial charge >= 0.3 is 0 Å². The highest BCUT2D eigenvalue weighted by molar-refractivity contribution is 9.09. The van der Waals surface area contributed by atoms with Crippen molar-refractivity contribution in [2.24, 2.45) is 0 Å². The topological polar surface area (TPSA) is 29.1 Å².